The van der Waals surface area contributed by atoms with Gasteiger partial charge in [0.15, 0.2) is 0 Å². The summed E-state index contributed by atoms with van der Waals surface area (Å²) in [4.78, 5) is 14.4. The first kappa shape index (κ1) is 16.6. The second-order valence-electron chi connectivity index (χ2n) is 6.70. The van der Waals surface area contributed by atoms with Crippen molar-refractivity contribution in [1.29, 1.82) is 0 Å². The van der Waals surface area contributed by atoms with Gasteiger partial charge in [-0.3, -0.25) is 5.10 Å². The number of hydrogen-bond acceptors (Lipinski definition) is 3. The van der Waals surface area contributed by atoms with Crippen molar-refractivity contribution in [1.82, 2.24) is 20.4 Å². The van der Waals surface area contributed by atoms with Gasteiger partial charge in [-0.05, 0) is 51.3 Å². The molecule has 0 aromatic carbocycles. The number of nitrogens with zero attached hydrogens (tertiary/aromatic N) is 2. The van der Waals surface area contributed by atoms with Crippen LogP contribution in [0.25, 0.3) is 0 Å². The van der Waals surface area contributed by atoms with Crippen LogP contribution in [0, 0.1) is 6.92 Å². The van der Waals surface area contributed by atoms with Crippen LogP contribution >= 0.6 is 0 Å². The smallest absolute Gasteiger partial charge is 0.317 e. The number of piperidine rings is 1. The lowest BCUT2D eigenvalue weighted by atomic mass is 9.95. The topological polar surface area (TPSA) is 74.2 Å². The average molecular weight is 330 g/mol. The highest BCUT2D eigenvalue weighted by molar-refractivity contribution is 5.74. The molecule has 2 N–H and O–H groups in total. The summed E-state index contributed by atoms with van der Waals surface area (Å²) in [7, 11) is 0. The Bertz CT molecular complexity index is 650. The van der Waals surface area contributed by atoms with Crippen LogP contribution in [0.3, 0.4) is 0 Å². The molecule has 1 aliphatic rings. The van der Waals surface area contributed by atoms with Gasteiger partial charge >= 0.3 is 6.03 Å². The molecular formula is C18H26N4O2. The average Bonchev–Trinajstić information content (AvgIpc) is 3.24. The van der Waals surface area contributed by atoms with Gasteiger partial charge in [-0.25, -0.2) is 4.79 Å². The molecule has 0 saturated carbocycles. The van der Waals surface area contributed by atoms with Gasteiger partial charge in [-0.2, -0.15) is 5.10 Å². The van der Waals surface area contributed by atoms with E-state index in [2.05, 4.69) is 15.5 Å². The summed E-state index contributed by atoms with van der Waals surface area (Å²) < 4.78 is 5.58. The highest BCUT2D eigenvalue weighted by atomic mass is 16.3. The van der Waals surface area contributed by atoms with Crippen molar-refractivity contribution in [2.24, 2.45) is 0 Å². The van der Waals surface area contributed by atoms with E-state index in [1.165, 1.54) is 0 Å². The van der Waals surface area contributed by atoms with E-state index in [0.717, 1.165) is 56.0 Å². The summed E-state index contributed by atoms with van der Waals surface area (Å²) in [5, 5.41) is 10.2. The molecule has 2 atom stereocenters. The maximum atomic E-state index is 12.5. The number of H-pyrrole nitrogens is 1. The van der Waals surface area contributed by atoms with E-state index < -0.39 is 0 Å². The Morgan fingerprint density at radius 2 is 2.38 bits per heavy atom. The van der Waals surface area contributed by atoms with Crippen molar-refractivity contribution >= 4 is 6.03 Å². The van der Waals surface area contributed by atoms with E-state index >= 15 is 0 Å². The maximum Gasteiger partial charge on any atom is 0.317 e. The lowest BCUT2D eigenvalue weighted by molar-refractivity contribution is 0.175. The SMILES string of the molecule is Cc1ccc(CC[C@@H](C)NC(=O)N2CCC[C@@H](c3ccn[nH]3)C2)o1. The summed E-state index contributed by atoms with van der Waals surface area (Å²) in [5.41, 5.74) is 1.12. The number of likely N-dealkylation sites (tertiary alicyclic amines) is 1. The number of amides is 2. The van der Waals surface area contributed by atoms with E-state index in [-0.39, 0.29) is 12.1 Å². The summed E-state index contributed by atoms with van der Waals surface area (Å²) in [5.74, 6) is 2.26. The number of urea groups is 1. The Labute approximate surface area is 142 Å². The molecule has 130 valence electrons. The van der Waals surface area contributed by atoms with Crippen molar-refractivity contribution in [2.45, 2.75) is 51.5 Å². The van der Waals surface area contributed by atoms with E-state index in [4.69, 9.17) is 4.42 Å². The minimum Gasteiger partial charge on any atom is -0.466 e. The molecule has 24 heavy (non-hydrogen) atoms. The fourth-order valence-electron chi connectivity index (χ4n) is 3.26. The number of rotatable bonds is 5. The Morgan fingerprint density at radius 1 is 1.50 bits per heavy atom. The molecule has 1 fully saturated rings. The number of furan rings is 1. The first-order valence-electron chi connectivity index (χ1n) is 8.72. The zero-order valence-electron chi connectivity index (χ0n) is 14.4. The van der Waals surface area contributed by atoms with Crippen LogP contribution in [0.4, 0.5) is 4.79 Å². The Balaban J connectivity index is 1.46. The third-order valence-electron chi connectivity index (χ3n) is 4.66. The number of nitrogens with one attached hydrogen (secondary N) is 2. The zero-order chi connectivity index (χ0) is 16.9. The summed E-state index contributed by atoms with van der Waals surface area (Å²) >= 11 is 0. The van der Waals surface area contributed by atoms with Crippen LogP contribution in [-0.4, -0.2) is 40.3 Å². The van der Waals surface area contributed by atoms with Crippen LogP contribution in [0.2, 0.25) is 0 Å². The summed E-state index contributed by atoms with van der Waals surface area (Å²) in [6.07, 6.45) is 5.60. The molecule has 3 rings (SSSR count). The molecule has 0 unspecified atom stereocenters. The molecule has 0 spiro atoms. The number of aromatic nitrogens is 2. The highest BCUT2D eigenvalue weighted by Gasteiger charge is 2.26. The number of carbonyl (C=O) groups excluding carboxylic acids is 1. The van der Waals surface area contributed by atoms with E-state index in [1.807, 2.05) is 36.9 Å². The fraction of sp³-hybridized carbons (Fsp3) is 0.556. The third kappa shape index (κ3) is 4.19. The van der Waals surface area contributed by atoms with Crippen molar-refractivity contribution in [3.05, 3.63) is 41.6 Å². The highest BCUT2D eigenvalue weighted by Crippen LogP contribution is 2.25. The van der Waals surface area contributed by atoms with Gasteiger partial charge in [0.25, 0.3) is 0 Å². The standard InChI is InChI=1S/C18H26N4O2/c1-13(5-7-16-8-6-14(2)24-16)20-18(23)22-11-3-4-15(12-22)17-9-10-19-21-17/h6,8-10,13,15H,3-5,7,11-12H2,1-2H3,(H,19,21)(H,20,23)/t13-,15-/m1/s1. The van der Waals surface area contributed by atoms with E-state index in [1.54, 1.807) is 6.20 Å². The molecule has 2 aromatic rings. The van der Waals surface area contributed by atoms with Crippen LogP contribution in [0.15, 0.2) is 28.8 Å². The predicted molar refractivity (Wildman–Crippen MR) is 91.9 cm³/mol. The normalized spacial score (nSPS) is 19.2. The lowest BCUT2D eigenvalue weighted by Crippen LogP contribution is -2.47. The first-order valence-corrected chi connectivity index (χ1v) is 8.72. The number of hydrogen-bond donors (Lipinski definition) is 2. The zero-order valence-corrected chi connectivity index (χ0v) is 14.4. The van der Waals surface area contributed by atoms with Gasteiger partial charge in [0, 0.05) is 43.4 Å². The van der Waals surface area contributed by atoms with Crippen molar-refractivity contribution in [2.75, 3.05) is 13.1 Å². The molecule has 2 amide bonds. The molecular weight excluding hydrogens is 304 g/mol. The Kier molecular flexibility index (Phi) is 5.23. The van der Waals surface area contributed by atoms with Crippen LogP contribution < -0.4 is 5.32 Å². The minimum atomic E-state index is 0.0299. The second-order valence-corrected chi connectivity index (χ2v) is 6.70. The fourth-order valence-corrected chi connectivity index (χ4v) is 3.26. The molecule has 0 aliphatic carbocycles. The third-order valence-corrected chi connectivity index (χ3v) is 4.66. The quantitative estimate of drug-likeness (QED) is 0.884. The predicted octanol–water partition coefficient (Wildman–Crippen LogP) is 3.22. The molecule has 0 radical (unpaired) electrons. The Hall–Kier alpha value is -2.24. The Morgan fingerprint density at radius 3 is 3.08 bits per heavy atom. The molecule has 1 aliphatic heterocycles. The molecule has 0 bridgehead atoms. The van der Waals surface area contributed by atoms with Gasteiger partial charge in [0.2, 0.25) is 0 Å². The van der Waals surface area contributed by atoms with E-state index in [9.17, 15) is 4.79 Å². The van der Waals surface area contributed by atoms with Crippen LogP contribution in [-0.2, 0) is 6.42 Å². The number of carbonyl (C=O) groups is 1. The molecule has 3 heterocycles. The molecule has 6 nitrogen and oxygen atoms in total. The first-order chi connectivity index (χ1) is 11.6. The summed E-state index contributed by atoms with van der Waals surface area (Å²) in [6.45, 7) is 5.56. The minimum absolute atomic E-state index is 0.0299. The van der Waals surface area contributed by atoms with Crippen molar-refractivity contribution in [3.63, 3.8) is 0 Å². The van der Waals surface area contributed by atoms with Gasteiger partial charge < -0.3 is 14.6 Å². The molecule has 2 aromatic heterocycles. The summed E-state index contributed by atoms with van der Waals surface area (Å²) in [6, 6.07) is 6.13. The largest absolute Gasteiger partial charge is 0.466 e. The van der Waals surface area contributed by atoms with Crippen molar-refractivity contribution in [3.8, 4) is 0 Å². The van der Waals surface area contributed by atoms with Crippen LogP contribution in [0.1, 0.15) is 49.3 Å². The number of aromatic amines is 1. The molecule has 1 saturated heterocycles. The van der Waals surface area contributed by atoms with Crippen molar-refractivity contribution < 1.29 is 9.21 Å². The van der Waals surface area contributed by atoms with Gasteiger partial charge in [0.1, 0.15) is 11.5 Å². The lowest BCUT2D eigenvalue weighted by Gasteiger charge is -2.33. The van der Waals surface area contributed by atoms with E-state index in [0.29, 0.717) is 5.92 Å². The maximum absolute atomic E-state index is 12.5. The number of aryl methyl sites for hydroxylation is 2. The molecule has 6 heteroatoms. The van der Waals surface area contributed by atoms with Gasteiger partial charge in [-0.15, -0.1) is 0 Å². The monoisotopic (exact) mass is 330 g/mol. The van der Waals surface area contributed by atoms with Gasteiger partial charge in [-0.1, -0.05) is 0 Å². The van der Waals surface area contributed by atoms with Gasteiger partial charge in [0.05, 0.1) is 0 Å². The second kappa shape index (κ2) is 7.55. The van der Waals surface area contributed by atoms with Crippen LogP contribution in [0.5, 0.6) is 0 Å².